The van der Waals surface area contributed by atoms with E-state index < -0.39 is 5.41 Å². The summed E-state index contributed by atoms with van der Waals surface area (Å²) in [6.45, 7) is 7.15. The van der Waals surface area contributed by atoms with Crippen LogP contribution in [0, 0.1) is 10.8 Å². The zero-order chi connectivity index (χ0) is 15.2. The molecule has 1 saturated carbocycles. The maximum absolute atomic E-state index is 12.3. The lowest BCUT2D eigenvalue weighted by Gasteiger charge is -2.39. The van der Waals surface area contributed by atoms with Gasteiger partial charge in [-0.3, -0.25) is 4.79 Å². The van der Waals surface area contributed by atoms with Crippen molar-refractivity contribution in [3.63, 3.8) is 0 Å². The average Bonchev–Trinajstić information content (AvgIpc) is 2.35. The minimum absolute atomic E-state index is 0.0463. The average molecular weight is 283 g/mol. The number of nitrogens with one attached hydrogen (secondary N) is 1. The van der Waals surface area contributed by atoms with Crippen molar-refractivity contribution in [3.05, 3.63) is 0 Å². The summed E-state index contributed by atoms with van der Waals surface area (Å²) in [7, 11) is 0. The molecule has 0 bridgehead atoms. The van der Waals surface area contributed by atoms with Gasteiger partial charge in [0.15, 0.2) is 5.84 Å². The molecule has 1 fully saturated rings. The number of hydrogen-bond acceptors (Lipinski definition) is 3. The second-order valence-corrected chi connectivity index (χ2v) is 6.72. The van der Waals surface area contributed by atoms with Crippen molar-refractivity contribution >= 4 is 11.7 Å². The first-order valence-electron chi connectivity index (χ1n) is 7.64. The Labute approximate surface area is 122 Å². The van der Waals surface area contributed by atoms with Crippen LogP contribution in [0.25, 0.3) is 0 Å². The van der Waals surface area contributed by atoms with Crippen LogP contribution >= 0.6 is 0 Å². The highest BCUT2D eigenvalue weighted by molar-refractivity contribution is 6.07. The lowest BCUT2D eigenvalue weighted by molar-refractivity contribution is -0.131. The highest BCUT2D eigenvalue weighted by Gasteiger charge is 2.48. The van der Waals surface area contributed by atoms with Gasteiger partial charge >= 0.3 is 0 Å². The van der Waals surface area contributed by atoms with Crippen molar-refractivity contribution in [2.24, 2.45) is 21.7 Å². The van der Waals surface area contributed by atoms with Crippen LogP contribution in [0.3, 0.4) is 0 Å². The van der Waals surface area contributed by atoms with Gasteiger partial charge in [0.05, 0.1) is 0 Å². The molecule has 20 heavy (non-hydrogen) atoms. The van der Waals surface area contributed by atoms with E-state index in [1.54, 1.807) is 0 Å². The van der Waals surface area contributed by atoms with Crippen LogP contribution in [-0.2, 0) is 4.79 Å². The molecule has 1 amide bonds. The quantitative estimate of drug-likeness (QED) is 0.210. The number of amidine groups is 1. The molecule has 0 atom stereocenters. The van der Waals surface area contributed by atoms with Gasteiger partial charge in [0.1, 0.15) is 5.41 Å². The molecule has 0 heterocycles. The molecule has 0 aromatic carbocycles. The topological polar surface area (TPSA) is 87.7 Å². The summed E-state index contributed by atoms with van der Waals surface area (Å²) in [6, 6.07) is 0. The molecule has 0 spiro atoms. The van der Waals surface area contributed by atoms with E-state index in [1.165, 1.54) is 19.3 Å². The van der Waals surface area contributed by atoms with Gasteiger partial charge in [0.2, 0.25) is 5.91 Å². The van der Waals surface area contributed by atoms with Crippen molar-refractivity contribution in [1.82, 2.24) is 5.32 Å². The van der Waals surface area contributed by atoms with Crippen LogP contribution < -0.4 is 11.1 Å². The van der Waals surface area contributed by atoms with Gasteiger partial charge in [0, 0.05) is 6.54 Å². The Kier molecular flexibility index (Phi) is 5.84. The largest absolute Gasteiger partial charge is 0.409 e. The lowest BCUT2D eigenvalue weighted by atomic mass is 9.67. The van der Waals surface area contributed by atoms with E-state index in [2.05, 4.69) is 31.2 Å². The molecule has 5 nitrogen and oxygen atoms in total. The zero-order valence-corrected chi connectivity index (χ0v) is 13.0. The highest BCUT2D eigenvalue weighted by Crippen LogP contribution is 2.41. The third kappa shape index (κ3) is 3.87. The number of amides is 1. The predicted octanol–water partition coefficient (Wildman–Crippen LogP) is 2.63. The maximum Gasteiger partial charge on any atom is 0.233 e. The van der Waals surface area contributed by atoms with Gasteiger partial charge in [-0.1, -0.05) is 51.6 Å². The van der Waals surface area contributed by atoms with Crippen molar-refractivity contribution in [1.29, 1.82) is 0 Å². The van der Waals surface area contributed by atoms with Crippen molar-refractivity contribution < 1.29 is 10.0 Å². The van der Waals surface area contributed by atoms with Crippen LogP contribution in [0.2, 0.25) is 0 Å². The molecule has 0 saturated heterocycles. The third-order valence-corrected chi connectivity index (χ3v) is 4.42. The van der Waals surface area contributed by atoms with Crippen LogP contribution in [0.4, 0.5) is 0 Å². The van der Waals surface area contributed by atoms with Crippen LogP contribution in [0.15, 0.2) is 5.16 Å². The molecule has 0 unspecified atom stereocenters. The van der Waals surface area contributed by atoms with Gasteiger partial charge in [-0.25, -0.2) is 0 Å². The Morgan fingerprint density at radius 1 is 1.40 bits per heavy atom. The summed E-state index contributed by atoms with van der Waals surface area (Å²) in [5, 5.41) is 14.9. The number of nitrogens with two attached hydrogens (primary N) is 1. The zero-order valence-electron chi connectivity index (χ0n) is 13.0. The van der Waals surface area contributed by atoms with E-state index in [4.69, 9.17) is 10.9 Å². The molecule has 5 heteroatoms. The molecule has 1 aliphatic carbocycles. The van der Waals surface area contributed by atoms with Gasteiger partial charge in [0.25, 0.3) is 0 Å². The number of nitrogens with zero attached hydrogens (tertiary/aromatic N) is 1. The van der Waals surface area contributed by atoms with Crippen molar-refractivity contribution in [2.75, 3.05) is 6.54 Å². The summed E-state index contributed by atoms with van der Waals surface area (Å²) in [6.07, 6.45) is 7.00. The Hall–Kier alpha value is -1.26. The van der Waals surface area contributed by atoms with E-state index in [9.17, 15) is 4.79 Å². The monoisotopic (exact) mass is 283 g/mol. The number of rotatable bonds is 8. The normalized spacial score (nSPS) is 18.4. The first-order chi connectivity index (χ1) is 9.38. The van der Waals surface area contributed by atoms with Gasteiger partial charge in [-0.05, 0) is 24.7 Å². The standard InChI is InChI=1S/C15H29N3O2/c1-4-5-6-8-14(2,3)11-17-13(19)15(9-7-10-15)12(16)18-20/h20H,4-11H2,1-3H3,(H2,16,18)(H,17,19). The third-order valence-electron chi connectivity index (χ3n) is 4.42. The highest BCUT2D eigenvalue weighted by atomic mass is 16.4. The smallest absolute Gasteiger partial charge is 0.233 e. The molecule has 0 aliphatic heterocycles. The van der Waals surface area contributed by atoms with Gasteiger partial charge in [-0.2, -0.15) is 0 Å². The van der Waals surface area contributed by atoms with E-state index in [0.717, 1.165) is 12.8 Å². The summed E-state index contributed by atoms with van der Waals surface area (Å²) in [5.74, 6) is -0.0485. The van der Waals surface area contributed by atoms with Gasteiger partial charge < -0.3 is 16.3 Å². The fraction of sp³-hybridized carbons (Fsp3) is 0.867. The van der Waals surface area contributed by atoms with Crippen LogP contribution in [-0.4, -0.2) is 23.5 Å². The Morgan fingerprint density at radius 2 is 2.05 bits per heavy atom. The Balaban J connectivity index is 2.50. The summed E-state index contributed by atoms with van der Waals surface area (Å²) >= 11 is 0. The fourth-order valence-electron chi connectivity index (χ4n) is 2.66. The van der Waals surface area contributed by atoms with E-state index in [0.29, 0.717) is 19.4 Å². The minimum Gasteiger partial charge on any atom is -0.409 e. The van der Waals surface area contributed by atoms with Crippen LogP contribution in [0.5, 0.6) is 0 Å². The van der Waals surface area contributed by atoms with Gasteiger partial charge in [-0.15, -0.1) is 0 Å². The number of oxime groups is 1. The first-order valence-corrected chi connectivity index (χ1v) is 7.64. The molecular formula is C15H29N3O2. The second-order valence-electron chi connectivity index (χ2n) is 6.72. The summed E-state index contributed by atoms with van der Waals surface area (Å²) < 4.78 is 0. The Bertz CT molecular complexity index is 360. The van der Waals surface area contributed by atoms with E-state index in [1.807, 2.05) is 0 Å². The fourth-order valence-corrected chi connectivity index (χ4v) is 2.66. The van der Waals surface area contributed by atoms with Crippen molar-refractivity contribution in [3.8, 4) is 0 Å². The molecule has 1 aliphatic rings. The van der Waals surface area contributed by atoms with Crippen LogP contribution in [0.1, 0.15) is 65.7 Å². The first kappa shape index (κ1) is 16.8. The molecule has 0 aromatic rings. The number of carbonyl (C=O) groups is 1. The van der Waals surface area contributed by atoms with E-state index in [-0.39, 0.29) is 17.2 Å². The SMILES string of the molecule is CCCCCC(C)(C)CNC(=O)C1(C(N)=NO)CCC1. The second kappa shape index (κ2) is 6.95. The molecule has 0 aromatic heterocycles. The number of hydrogen-bond donors (Lipinski definition) is 3. The summed E-state index contributed by atoms with van der Waals surface area (Å²) in [5.41, 5.74) is 5.01. The molecular weight excluding hydrogens is 254 g/mol. The molecule has 1 rings (SSSR count). The molecule has 4 N–H and O–H groups in total. The predicted molar refractivity (Wildman–Crippen MR) is 80.6 cm³/mol. The minimum atomic E-state index is -0.770. The lowest BCUT2D eigenvalue weighted by Crippen LogP contribution is -2.55. The number of carbonyl (C=O) groups excluding carboxylic acids is 1. The van der Waals surface area contributed by atoms with E-state index >= 15 is 0 Å². The summed E-state index contributed by atoms with van der Waals surface area (Å²) in [4.78, 5) is 12.3. The molecule has 0 radical (unpaired) electrons. The maximum atomic E-state index is 12.3. The van der Waals surface area contributed by atoms with Crippen molar-refractivity contribution in [2.45, 2.75) is 65.7 Å². The Morgan fingerprint density at radius 3 is 2.50 bits per heavy atom. The number of unbranched alkanes of at least 4 members (excludes halogenated alkanes) is 2. The molecule has 116 valence electrons.